The Morgan fingerprint density at radius 3 is 2.67 bits per heavy atom. The number of carbonyl (C=O) groups is 1. The molecule has 10 nitrogen and oxygen atoms in total. The molecule has 188 valence electrons. The van der Waals surface area contributed by atoms with Crippen molar-refractivity contribution in [3.05, 3.63) is 12.0 Å². The minimum atomic E-state index is -4.54. The summed E-state index contributed by atoms with van der Waals surface area (Å²) in [5.74, 6) is -1.63. The Bertz CT molecular complexity index is 1010. The molecule has 14 heteroatoms. The Kier molecular flexibility index (Phi) is 6.51. The maximum absolute atomic E-state index is 14.6. The van der Waals surface area contributed by atoms with Crippen molar-refractivity contribution in [1.29, 1.82) is 0 Å². The van der Waals surface area contributed by atoms with Crippen molar-refractivity contribution >= 4 is 23.6 Å². The van der Waals surface area contributed by atoms with Gasteiger partial charge in [-0.1, -0.05) is 19.3 Å². The van der Waals surface area contributed by atoms with Crippen LogP contribution < -0.4 is 21.3 Å². The first-order chi connectivity index (χ1) is 15.7. The number of hydrogen-bond acceptors (Lipinski definition) is 8. The van der Waals surface area contributed by atoms with Gasteiger partial charge < -0.3 is 21.3 Å². The van der Waals surface area contributed by atoms with E-state index >= 15 is 0 Å². The zero-order valence-corrected chi connectivity index (χ0v) is 17.8. The van der Waals surface area contributed by atoms with E-state index in [0.29, 0.717) is 12.4 Å². The summed E-state index contributed by atoms with van der Waals surface area (Å²) in [5.41, 5.74) is 5.97. The highest BCUT2D eigenvalue weighted by Crippen LogP contribution is 2.28. The summed E-state index contributed by atoms with van der Waals surface area (Å²) in [7, 11) is 0. The lowest BCUT2D eigenvalue weighted by atomic mass is 9.96. The zero-order valence-electron chi connectivity index (χ0n) is 17.8. The second-order valence-electron chi connectivity index (χ2n) is 8.21. The number of alkyl halides is 3. The second-order valence-corrected chi connectivity index (χ2v) is 8.21. The molecule has 0 unspecified atom stereocenters. The number of hydrogen-bond donors (Lipinski definition) is 3. The Labute approximate surface area is 192 Å². The minimum absolute atomic E-state index is 0. The standard InChI is InChI=1S/C19H25F4N9O.4H2/c20-12-9-25-18(32-16(24)29-17(30-32)27-11-5-2-1-3-6-11)28-14(12)31-8-4-7-13(31)15(33)26-10-19(21,22)23;;;;/h9,11,13H,1-8,10H2,(H,26,33)(H3,24,27,29,30);4*1H/t13-;;;;/m1..../s1. The van der Waals surface area contributed by atoms with Gasteiger partial charge in [-0.3, -0.25) is 4.79 Å². The highest BCUT2D eigenvalue weighted by molar-refractivity contribution is 5.85. The summed E-state index contributed by atoms with van der Waals surface area (Å²) in [6.07, 6.45) is 2.55. The van der Waals surface area contributed by atoms with Crippen molar-refractivity contribution in [2.24, 2.45) is 0 Å². The number of nitrogen functional groups attached to an aromatic ring is 1. The lowest BCUT2D eigenvalue weighted by Crippen LogP contribution is -2.46. The average molecular weight is 480 g/mol. The number of halogens is 4. The SMILES string of the molecule is Nc1nc(NC2CCCCC2)nn1-c1ncc(F)c(N2CCC[C@@H]2C(=O)NCC(F)(F)F)n1.[HH].[HH].[HH].[HH]. The molecule has 1 aliphatic carbocycles. The molecule has 33 heavy (non-hydrogen) atoms. The van der Waals surface area contributed by atoms with Gasteiger partial charge in [0.1, 0.15) is 12.6 Å². The van der Waals surface area contributed by atoms with E-state index in [9.17, 15) is 22.4 Å². The maximum Gasteiger partial charge on any atom is 0.405 e. The van der Waals surface area contributed by atoms with Gasteiger partial charge in [0.15, 0.2) is 11.6 Å². The lowest BCUT2D eigenvalue weighted by molar-refractivity contribution is -0.139. The number of rotatable bonds is 6. The van der Waals surface area contributed by atoms with E-state index in [1.807, 2.05) is 5.32 Å². The summed E-state index contributed by atoms with van der Waals surface area (Å²) >= 11 is 0. The topological polar surface area (TPSA) is 127 Å². The van der Waals surface area contributed by atoms with E-state index in [0.717, 1.165) is 36.6 Å². The van der Waals surface area contributed by atoms with Crippen molar-refractivity contribution < 1.29 is 28.1 Å². The molecular formula is C19H33F4N9O. The molecule has 2 fully saturated rings. The molecule has 1 saturated heterocycles. The van der Waals surface area contributed by atoms with Crippen LogP contribution >= 0.6 is 0 Å². The van der Waals surface area contributed by atoms with Crippen molar-refractivity contribution in [2.45, 2.75) is 63.2 Å². The van der Waals surface area contributed by atoms with E-state index in [-0.39, 0.29) is 42.4 Å². The van der Waals surface area contributed by atoms with Crippen LogP contribution in [-0.4, -0.2) is 62.0 Å². The van der Waals surface area contributed by atoms with Crippen molar-refractivity contribution in [3.63, 3.8) is 0 Å². The molecule has 0 radical (unpaired) electrons. The number of nitrogens with zero attached hydrogens (tertiary/aromatic N) is 6. The number of anilines is 3. The van der Waals surface area contributed by atoms with Crippen LogP contribution in [0, 0.1) is 5.82 Å². The molecule has 2 aromatic rings. The van der Waals surface area contributed by atoms with Gasteiger partial charge in [0.25, 0.3) is 5.95 Å². The van der Waals surface area contributed by atoms with Gasteiger partial charge in [0.2, 0.25) is 17.8 Å². The summed E-state index contributed by atoms with van der Waals surface area (Å²) in [6.45, 7) is -1.21. The molecule has 1 aliphatic heterocycles. The predicted octanol–water partition coefficient (Wildman–Crippen LogP) is 3.15. The summed E-state index contributed by atoms with van der Waals surface area (Å²) in [5, 5.41) is 9.37. The molecule has 0 aromatic carbocycles. The number of nitrogens with one attached hydrogen (secondary N) is 2. The molecule has 4 rings (SSSR count). The third-order valence-electron chi connectivity index (χ3n) is 5.76. The molecule has 1 saturated carbocycles. The first kappa shape index (κ1) is 23.0. The Balaban J connectivity index is 0.00000324. The summed E-state index contributed by atoms with van der Waals surface area (Å²) in [4.78, 5) is 25.9. The molecular weight excluding hydrogens is 446 g/mol. The van der Waals surface area contributed by atoms with Crippen LogP contribution in [0.4, 0.5) is 35.3 Å². The van der Waals surface area contributed by atoms with Gasteiger partial charge in [0.05, 0.1) is 6.20 Å². The van der Waals surface area contributed by atoms with E-state index in [1.54, 1.807) is 0 Å². The maximum atomic E-state index is 14.6. The molecule has 1 atom stereocenters. The van der Waals surface area contributed by atoms with Crippen LogP contribution in [-0.2, 0) is 4.79 Å². The molecule has 3 heterocycles. The smallest absolute Gasteiger partial charge is 0.368 e. The number of amides is 1. The highest BCUT2D eigenvalue weighted by Gasteiger charge is 2.36. The molecule has 2 aliphatic rings. The molecule has 0 bridgehead atoms. The van der Waals surface area contributed by atoms with Crippen LogP contribution in [0.3, 0.4) is 0 Å². The van der Waals surface area contributed by atoms with Crippen LogP contribution in [0.25, 0.3) is 5.95 Å². The van der Waals surface area contributed by atoms with Crippen LogP contribution in [0.2, 0.25) is 0 Å². The fourth-order valence-corrected chi connectivity index (χ4v) is 4.21. The minimum Gasteiger partial charge on any atom is -0.368 e. The van der Waals surface area contributed by atoms with Crippen molar-refractivity contribution in [2.75, 3.05) is 29.0 Å². The third kappa shape index (κ3) is 5.42. The third-order valence-corrected chi connectivity index (χ3v) is 5.76. The quantitative estimate of drug-likeness (QED) is 0.540. The summed E-state index contributed by atoms with van der Waals surface area (Å²) in [6, 6.07) is -0.750. The van der Waals surface area contributed by atoms with Gasteiger partial charge in [-0.05, 0) is 25.7 Å². The first-order valence-electron chi connectivity index (χ1n) is 10.8. The molecule has 2 aromatic heterocycles. The molecule has 4 N–H and O–H groups in total. The van der Waals surface area contributed by atoms with E-state index in [2.05, 4.69) is 25.4 Å². The van der Waals surface area contributed by atoms with E-state index < -0.39 is 30.5 Å². The Hall–Kier alpha value is -3.19. The molecule has 0 spiro atoms. The van der Waals surface area contributed by atoms with Crippen LogP contribution in [0.15, 0.2) is 6.20 Å². The van der Waals surface area contributed by atoms with Gasteiger partial charge in [-0.25, -0.2) is 9.37 Å². The lowest BCUT2D eigenvalue weighted by Gasteiger charge is -2.25. The van der Waals surface area contributed by atoms with Crippen LogP contribution in [0.5, 0.6) is 0 Å². The average Bonchev–Trinajstić information content (AvgIpc) is 3.39. The normalized spacial score (nSPS) is 19.6. The van der Waals surface area contributed by atoms with Gasteiger partial charge in [0, 0.05) is 18.3 Å². The van der Waals surface area contributed by atoms with Gasteiger partial charge >= 0.3 is 6.18 Å². The Morgan fingerprint density at radius 1 is 1.18 bits per heavy atom. The fourth-order valence-electron chi connectivity index (χ4n) is 4.21. The monoisotopic (exact) mass is 479 g/mol. The van der Waals surface area contributed by atoms with Gasteiger partial charge in [-0.15, -0.1) is 5.10 Å². The zero-order chi connectivity index (χ0) is 23.6. The van der Waals surface area contributed by atoms with Gasteiger partial charge in [-0.2, -0.15) is 27.8 Å². The van der Waals surface area contributed by atoms with E-state index in [1.165, 1.54) is 11.3 Å². The first-order valence-corrected chi connectivity index (χ1v) is 10.8. The number of aromatic nitrogens is 5. The van der Waals surface area contributed by atoms with Crippen LogP contribution in [0.1, 0.15) is 50.7 Å². The number of nitrogens with two attached hydrogens (primary N) is 1. The number of carbonyl (C=O) groups excluding carboxylic acids is 1. The second kappa shape index (κ2) is 9.35. The predicted molar refractivity (Wildman–Crippen MR) is 120 cm³/mol. The Morgan fingerprint density at radius 2 is 1.94 bits per heavy atom. The fraction of sp³-hybridized carbons (Fsp3) is 0.632. The largest absolute Gasteiger partial charge is 0.405 e. The highest BCUT2D eigenvalue weighted by atomic mass is 19.4. The van der Waals surface area contributed by atoms with Crippen molar-refractivity contribution in [3.8, 4) is 5.95 Å². The summed E-state index contributed by atoms with van der Waals surface area (Å²) < 4.78 is 53.2. The van der Waals surface area contributed by atoms with Crippen molar-refractivity contribution in [1.82, 2.24) is 30.0 Å². The van der Waals surface area contributed by atoms with E-state index in [4.69, 9.17) is 5.73 Å². The molecule has 1 amide bonds.